The summed E-state index contributed by atoms with van der Waals surface area (Å²) in [5.74, 6) is -0.0806. The second-order valence-corrected chi connectivity index (χ2v) is 4.40. The van der Waals surface area contributed by atoms with Crippen LogP contribution in [0.2, 0.25) is 0 Å². The Morgan fingerprint density at radius 2 is 1.90 bits per heavy atom. The van der Waals surface area contributed by atoms with Crippen LogP contribution in [0.4, 0.5) is 13.2 Å². The number of alkyl halides is 3. The van der Waals surface area contributed by atoms with Gasteiger partial charge < -0.3 is 15.4 Å². The predicted octanol–water partition coefficient (Wildman–Crippen LogP) is 1.89. The Labute approximate surface area is 115 Å². The van der Waals surface area contributed by atoms with Crippen molar-refractivity contribution < 1.29 is 22.7 Å². The number of halogens is 3. The van der Waals surface area contributed by atoms with Crippen molar-refractivity contribution in [2.75, 3.05) is 20.2 Å². The van der Waals surface area contributed by atoms with E-state index in [1.165, 1.54) is 17.0 Å². The summed E-state index contributed by atoms with van der Waals surface area (Å²) >= 11 is 0. The summed E-state index contributed by atoms with van der Waals surface area (Å²) < 4.78 is 42.2. The van der Waals surface area contributed by atoms with E-state index in [1.807, 2.05) is 0 Å². The van der Waals surface area contributed by atoms with Crippen LogP contribution in [0.25, 0.3) is 0 Å². The van der Waals surface area contributed by atoms with Crippen LogP contribution in [0.3, 0.4) is 0 Å². The van der Waals surface area contributed by atoms with E-state index in [0.29, 0.717) is 6.54 Å². The summed E-state index contributed by atoms with van der Waals surface area (Å²) in [7, 11) is 1.59. The average molecular weight is 290 g/mol. The van der Waals surface area contributed by atoms with Crippen LogP contribution in [0, 0.1) is 0 Å². The summed E-state index contributed by atoms with van der Waals surface area (Å²) in [5.41, 5.74) is 4.67. The minimum absolute atomic E-state index is 0.126. The summed E-state index contributed by atoms with van der Waals surface area (Å²) in [5, 5.41) is 0. The van der Waals surface area contributed by atoms with Crippen molar-refractivity contribution in [3.8, 4) is 5.75 Å². The van der Waals surface area contributed by atoms with E-state index in [9.17, 15) is 18.0 Å². The van der Waals surface area contributed by atoms with E-state index in [4.69, 9.17) is 10.5 Å². The molecule has 112 valence electrons. The number of nitrogens with two attached hydrogens (primary N) is 1. The minimum Gasteiger partial charge on any atom is -0.484 e. The van der Waals surface area contributed by atoms with Gasteiger partial charge in [-0.05, 0) is 31.2 Å². The number of rotatable bonds is 5. The summed E-state index contributed by atoms with van der Waals surface area (Å²) in [6.07, 6.45) is -4.38. The van der Waals surface area contributed by atoms with Gasteiger partial charge in [0.1, 0.15) is 5.75 Å². The van der Waals surface area contributed by atoms with Crippen LogP contribution in [-0.2, 0) is 11.0 Å². The molecular weight excluding hydrogens is 273 g/mol. The Hall–Kier alpha value is -1.76. The Morgan fingerprint density at radius 3 is 2.35 bits per heavy atom. The molecule has 0 heterocycles. The molecule has 1 aromatic rings. The molecule has 4 nitrogen and oxygen atoms in total. The molecule has 7 heteroatoms. The maximum atomic E-state index is 12.4. The van der Waals surface area contributed by atoms with Crippen molar-refractivity contribution in [2.24, 2.45) is 5.73 Å². The number of amides is 1. The van der Waals surface area contributed by atoms with Gasteiger partial charge in [-0.25, -0.2) is 0 Å². The number of hydrogen-bond donors (Lipinski definition) is 1. The van der Waals surface area contributed by atoms with Crippen LogP contribution in [0.15, 0.2) is 24.3 Å². The SMILES string of the molecule is CC(CN)N(C)C(=O)COc1ccc(C(F)(F)F)cc1. The van der Waals surface area contributed by atoms with Crippen LogP contribution >= 0.6 is 0 Å². The van der Waals surface area contributed by atoms with Crippen LogP contribution < -0.4 is 10.5 Å². The molecule has 0 aliphatic carbocycles. The summed E-state index contributed by atoms with van der Waals surface area (Å²) in [6, 6.07) is 4.06. The van der Waals surface area contributed by atoms with Gasteiger partial charge in [0.15, 0.2) is 6.61 Å². The highest BCUT2D eigenvalue weighted by Gasteiger charge is 2.30. The first-order valence-electron chi connectivity index (χ1n) is 6.01. The third-order valence-corrected chi connectivity index (χ3v) is 2.94. The number of carbonyl (C=O) groups is 1. The summed E-state index contributed by atoms with van der Waals surface area (Å²) in [6.45, 7) is 1.87. The molecule has 0 radical (unpaired) electrons. The molecule has 20 heavy (non-hydrogen) atoms. The number of carbonyl (C=O) groups excluding carboxylic acids is 1. The zero-order chi connectivity index (χ0) is 15.3. The molecule has 0 fully saturated rings. The van der Waals surface area contributed by atoms with Crippen molar-refractivity contribution in [1.82, 2.24) is 4.90 Å². The fourth-order valence-electron chi connectivity index (χ4n) is 1.39. The van der Waals surface area contributed by atoms with E-state index in [-0.39, 0.29) is 24.3 Å². The molecule has 0 bridgehead atoms. The standard InChI is InChI=1S/C13H17F3N2O2/c1-9(7-17)18(2)12(19)8-20-11-5-3-10(4-6-11)13(14,15)16/h3-6,9H,7-8,17H2,1-2H3. The first-order chi connectivity index (χ1) is 9.25. The smallest absolute Gasteiger partial charge is 0.416 e. The number of likely N-dealkylation sites (N-methyl/N-ethyl adjacent to an activating group) is 1. The third kappa shape index (κ3) is 4.41. The first-order valence-corrected chi connectivity index (χ1v) is 6.01. The van der Waals surface area contributed by atoms with Gasteiger partial charge in [-0.15, -0.1) is 0 Å². The maximum absolute atomic E-state index is 12.4. The van der Waals surface area contributed by atoms with E-state index in [0.717, 1.165) is 12.1 Å². The summed E-state index contributed by atoms with van der Waals surface area (Å²) in [4.78, 5) is 13.1. The van der Waals surface area contributed by atoms with Gasteiger partial charge in [-0.3, -0.25) is 4.79 Å². The molecule has 0 aliphatic heterocycles. The normalized spacial score (nSPS) is 12.9. The lowest BCUT2D eigenvalue weighted by Crippen LogP contribution is -2.42. The van der Waals surface area contributed by atoms with Crippen molar-refractivity contribution in [3.63, 3.8) is 0 Å². The van der Waals surface area contributed by atoms with E-state index in [2.05, 4.69) is 0 Å². The molecule has 2 N–H and O–H groups in total. The van der Waals surface area contributed by atoms with Crippen molar-refractivity contribution in [1.29, 1.82) is 0 Å². The zero-order valence-corrected chi connectivity index (χ0v) is 11.3. The molecule has 1 rings (SSSR count). The predicted molar refractivity (Wildman–Crippen MR) is 68.2 cm³/mol. The van der Waals surface area contributed by atoms with Gasteiger partial charge in [-0.2, -0.15) is 13.2 Å². The molecule has 1 aromatic carbocycles. The van der Waals surface area contributed by atoms with Crippen molar-refractivity contribution in [3.05, 3.63) is 29.8 Å². The van der Waals surface area contributed by atoms with E-state index < -0.39 is 11.7 Å². The van der Waals surface area contributed by atoms with E-state index >= 15 is 0 Å². The first kappa shape index (κ1) is 16.3. The largest absolute Gasteiger partial charge is 0.484 e. The van der Waals surface area contributed by atoms with Crippen LogP contribution in [-0.4, -0.2) is 37.0 Å². The maximum Gasteiger partial charge on any atom is 0.416 e. The molecule has 0 saturated heterocycles. The van der Waals surface area contributed by atoms with Gasteiger partial charge in [0.25, 0.3) is 5.91 Å². The highest BCUT2D eigenvalue weighted by atomic mass is 19.4. The monoisotopic (exact) mass is 290 g/mol. The van der Waals surface area contributed by atoms with Crippen molar-refractivity contribution in [2.45, 2.75) is 19.1 Å². The highest BCUT2D eigenvalue weighted by Crippen LogP contribution is 2.30. The van der Waals surface area contributed by atoms with Gasteiger partial charge in [-0.1, -0.05) is 0 Å². The second-order valence-electron chi connectivity index (χ2n) is 4.40. The second kappa shape index (κ2) is 6.60. The van der Waals surface area contributed by atoms with E-state index in [1.54, 1.807) is 14.0 Å². The lowest BCUT2D eigenvalue weighted by molar-refractivity contribution is -0.137. The van der Waals surface area contributed by atoms with Crippen molar-refractivity contribution >= 4 is 5.91 Å². The fourth-order valence-corrected chi connectivity index (χ4v) is 1.39. The van der Waals surface area contributed by atoms with Crippen LogP contribution in [0.1, 0.15) is 12.5 Å². The molecule has 0 aliphatic rings. The number of hydrogen-bond acceptors (Lipinski definition) is 3. The topological polar surface area (TPSA) is 55.6 Å². The quantitative estimate of drug-likeness (QED) is 0.901. The van der Waals surface area contributed by atoms with Gasteiger partial charge >= 0.3 is 6.18 Å². The van der Waals surface area contributed by atoms with Gasteiger partial charge in [0, 0.05) is 19.6 Å². The Morgan fingerprint density at radius 1 is 1.35 bits per heavy atom. The zero-order valence-electron chi connectivity index (χ0n) is 11.3. The molecular formula is C13H17F3N2O2. The Balaban J connectivity index is 2.56. The molecule has 1 atom stereocenters. The minimum atomic E-state index is -4.38. The highest BCUT2D eigenvalue weighted by molar-refractivity contribution is 5.77. The number of nitrogens with zero attached hydrogens (tertiary/aromatic N) is 1. The lowest BCUT2D eigenvalue weighted by Gasteiger charge is -2.23. The third-order valence-electron chi connectivity index (χ3n) is 2.94. The van der Waals surface area contributed by atoms with Crippen LogP contribution in [0.5, 0.6) is 5.75 Å². The fraction of sp³-hybridized carbons (Fsp3) is 0.462. The molecule has 0 spiro atoms. The molecule has 1 amide bonds. The molecule has 0 saturated carbocycles. The Kier molecular flexibility index (Phi) is 5.38. The lowest BCUT2D eigenvalue weighted by atomic mass is 10.2. The van der Waals surface area contributed by atoms with Gasteiger partial charge in [0.05, 0.1) is 5.56 Å². The van der Waals surface area contributed by atoms with Gasteiger partial charge in [0.2, 0.25) is 0 Å². The number of benzene rings is 1. The number of ether oxygens (including phenoxy) is 1. The average Bonchev–Trinajstić information content (AvgIpc) is 2.42. The Bertz CT molecular complexity index is 446. The molecule has 1 unspecified atom stereocenters. The molecule has 0 aromatic heterocycles.